The fourth-order valence-electron chi connectivity index (χ4n) is 1.86. The summed E-state index contributed by atoms with van der Waals surface area (Å²) in [5.41, 5.74) is 8.31. The second-order valence-corrected chi connectivity index (χ2v) is 5.33. The zero-order chi connectivity index (χ0) is 13.1. The van der Waals surface area contributed by atoms with E-state index in [9.17, 15) is 4.39 Å². The maximum atomic E-state index is 12.9. The number of hydrogen-bond acceptors (Lipinski definition) is 1. The number of allylic oxidation sites excluding steroid dienone is 1. The second-order valence-electron chi connectivity index (χ2n) is 5.33. The molecule has 0 bridgehead atoms. The average Bonchev–Trinajstić information content (AvgIpc) is 2.26. The van der Waals surface area contributed by atoms with E-state index in [0.29, 0.717) is 0 Å². The molecule has 1 aromatic carbocycles. The molecule has 1 aromatic rings. The van der Waals surface area contributed by atoms with Gasteiger partial charge in [-0.05, 0) is 37.5 Å². The van der Waals surface area contributed by atoms with Crippen LogP contribution in [0.5, 0.6) is 0 Å². The van der Waals surface area contributed by atoms with Gasteiger partial charge in [0, 0.05) is 11.5 Å². The van der Waals surface area contributed by atoms with Gasteiger partial charge in [-0.3, -0.25) is 0 Å². The highest BCUT2D eigenvalue weighted by Gasteiger charge is 2.27. The molecule has 0 heterocycles. The number of nitrogens with two attached hydrogens (primary N) is 1. The summed E-state index contributed by atoms with van der Waals surface area (Å²) < 4.78 is 12.9. The van der Waals surface area contributed by atoms with Crippen LogP contribution in [0.15, 0.2) is 36.4 Å². The molecular formula is C15H22FN. The number of hydrogen-bond donors (Lipinski definition) is 1. The van der Waals surface area contributed by atoms with Gasteiger partial charge in [0.2, 0.25) is 0 Å². The predicted molar refractivity (Wildman–Crippen MR) is 71.4 cm³/mol. The van der Waals surface area contributed by atoms with Crippen LogP contribution in [0.25, 0.3) is 0 Å². The van der Waals surface area contributed by atoms with Crippen molar-refractivity contribution < 1.29 is 4.39 Å². The first-order valence-corrected chi connectivity index (χ1v) is 6.00. The van der Waals surface area contributed by atoms with Crippen LogP contribution in [0.2, 0.25) is 0 Å². The molecule has 0 aliphatic rings. The first-order valence-electron chi connectivity index (χ1n) is 6.00. The van der Waals surface area contributed by atoms with Crippen LogP contribution < -0.4 is 5.73 Å². The summed E-state index contributed by atoms with van der Waals surface area (Å²) in [6, 6.07) is 6.65. The lowest BCUT2D eigenvalue weighted by molar-refractivity contribution is 0.388. The van der Waals surface area contributed by atoms with E-state index in [2.05, 4.69) is 20.4 Å². The molecule has 0 fully saturated rings. The minimum Gasteiger partial charge on any atom is -0.327 e. The lowest BCUT2D eigenvalue weighted by Crippen LogP contribution is -2.40. The highest BCUT2D eigenvalue weighted by molar-refractivity contribution is 5.26. The van der Waals surface area contributed by atoms with Crippen LogP contribution in [0.3, 0.4) is 0 Å². The fourth-order valence-corrected chi connectivity index (χ4v) is 1.86. The molecule has 1 unspecified atom stereocenters. The van der Waals surface area contributed by atoms with Gasteiger partial charge < -0.3 is 5.73 Å². The third kappa shape index (κ3) is 3.67. The minimum absolute atomic E-state index is 0.0460. The van der Waals surface area contributed by atoms with E-state index >= 15 is 0 Å². The first-order chi connectivity index (χ1) is 7.84. The molecule has 17 heavy (non-hydrogen) atoms. The fraction of sp³-hybridized carbons (Fsp3) is 0.467. The summed E-state index contributed by atoms with van der Waals surface area (Å²) in [5.74, 6) is -0.208. The van der Waals surface area contributed by atoms with Crippen molar-refractivity contribution in [3.8, 4) is 0 Å². The van der Waals surface area contributed by atoms with Crippen LogP contribution in [0.1, 0.15) is 39.2 Å². The van der Waals surface area contributed by atoms with Gasteiger partial charge in [-0.15, -0.1) is 6.58 Å². The molecule has 2 N–H and O–H groups in total. The summed E-state index contributed by atoms with van der Waals surface area (Å²) in [5, 5.41) is 0. The van der Waals surface area contributed by atoms with E-state index in [0.717, 1.165) is 24.0 Å². The van der Waals surface area contributed by atoms with Gasteiger partial charge in [-0.25, -0.2) is 4.39 Å². The Bertz CT molecular complexity index is 378. The van der Waals surface area contributed by atoms with E-state index in [1.807, 2.05) is 19.1 Å². The van der Waals surface area contributed by atoms with E-state index in [-0.39, 0.29) is 17.3 Å². The Morgan fingerprint density at radius 2 is 1.88 bits per heavy atom. The Morgan fingerprint density at radius 1 is 1.35 bits per heavy atom. The Balaban J connectivity index is 2.78. The van der Waals surface area contributed by atoms with Gasteiger partial charge in [0.1, 0.15) is 5.82 Å². The lowest BCUT2D eigenvalue weighted by atomic mass is 9.76. The second kappa shape index (κ2) is 5.46. The van der Waals surface area contributed by atoms with Crippen molar-refractivity contribution in [1.29, 1.82) is 0 Å². The van der Waals surface area contributed by atoms with Crippen molar-refractivity contribution >= 4 is 0 Å². The maximum absolute atomic E-state index is 12.9. The molecule has 0 saturated carbocycles. The van der Waals surface area contributed by atoms with Gasteiger partial charge in [0.05, 0.1) is 0 Å². The highest BCUT2D eigenvalue weighted by atomic mass is 19.1. The maximum Gasteiger partial charge on any atom is 0.123 e. The standard InChI is InChI=1S/C15H22FN/c1-11(2)5-10-14(17)15(3,4)12-6-8-13(16)9-7-12/h6-9,14H,1,5,10,17H2,2-4H3. The van der Waals surface area contributed by atoms with Gasteiger partial charge in [0.15, 0.2) is 0 Å². The molecule has 0 aliphatic heterocycles. The minimum atomic E-state index is -0.208. The van der Waals surface area contributed by atoms with E-state index < -0.39 is 0 Å². The zero-order valence-electron chi connectivity index (χ0n) is 11.0. The SMILES string of the molecule is C=C(C)CCC(N)C(C)(C)c1ccc(F)cc1. The first kappa shape index (κ1) is 13.9. The molecular weight excluding hydrogens is 213 g/mol. The summed E-state index contributed by atoms with van der Waals surface area (Å²) in [4.78, 5) is 0. The van der Waals surface area contributed by atoms with Gasteiger partial charge in [-0.2, -0.15) is 0 Å². The van der Waals surface area contributed by atoms with Crippen molar-refractivity contribution in [2.24, 2.45) is 5.73 Å². The molecule has 1 atom stereocenters. The van der Waals surface area contributed by atoms with Crippen molar-refractivity contribution in [2.75, 3.05) is 0 Å². The van der Waals surface area contributed by atoms with Crippen LogP contribution in [0, 0.1) is 5.82 Å². The van der Waals surface area contributed by atoms with Gasteiger partial charge >= 0.3 is 0 Å². The van der Waals surface area contributed by atoms with Crippen LogP contribution >= 0.6 is 0 Å². The van der Waals surface area contributed by atoms with Crippen LogP contribution in [-0.4, -0.2) is 6.04 Å². The highest BCUT2D eigenvalue weighted by Crippen LogP contribution is 2.28. The molecule has 0 radical (unpaired) electrons. The van der Waals surface area contributed by atoms with E-state index in [1.54, 1.807) is 0 Å². The van der Waals surface area contributed by atoms with Gasteiger partial charge in [-0.1, -0.05) is 31.6 Å². The normalized spacial score (nSPS) is 13.5. The quantitative estimate of drug-likeness (QED) is 0.772. The summed E-state index contributed by atoms with van der Waals surface area (Å²) in [7, 11) is 0. The topological polar surface area (TPSA) is 26.0 Å². The van der Waals surface area contributed by atoms with Crippen molar-refractivity contribution in [3.63, 3.8) is 0 Å². The number of halogens is 1. The number of rotatable bonds is 5. The largest absolute Gasteiger partial charge is 0.327 e. The Labute approximate surface area is 104 Å². The van der Waals surface area contributed by atoms with Gasteiger partial charge in [0.25, 0.3) is 0 Å². The summed E-state index contributed by atoms with van der Waals surface area (Å²) in [6.07, 6.45) is 1.84. The lowest BCUT2D eigenvalue weighted by Gasteiger charge is -2.32. The molecule has 1 nitrogen and oxygen atoms in total. The van der Waals surface area contributed by atoms with E-state index in [4.69, 9.17) is 5.73 Å². The molecule has 0 aliphatic carbocycles. The van der Waals surface area contributed by atoms with Crippen molar-refractivity contribution in [2.45, 2.75) is 45.1 Å². The van der Waals surface area contributed by atoms with E-state index in [1.165, 1.54) is 12.1 Å². The van der Waals surface area contributed by atoms with Crippen LogP contribution in [0.4, 0.5) is 4.39 Å². The van der Waals surface area contributed by atoms with Crippen molar-refractivity contribution in [1.82, 2.24) is 0 Å². The summed E-state index contributed by atoms with van der Waals surface area (Å²) >= 11 is 0. The Kier molecular flexibility index (Phi) is 4.47. The molecule has 0 amide bonds. The predicted octanol–water partition coefficient (Wildman–Crippen LogP) is 3.79. The van der Waals surface area contributed by atoms with Crippen LogP contribution in [-0.2, 0) is 5.41 Å². The third-order valence-electron chi connectivity index (χ3n) is 3.40. The Hall–Kier alpha value is -1.15. The molecule has 0 spiro atoms. The van der Waals surface area contributed by atoms with Crippen molar-refractivity contribution in [3.05, 3.63) is 47.8 Å². The number of benzene rings is 1. The monoisotopic (exact) mass is 235 g/mol. The molecule has 2 heteroatoms. The molecule has 94 valence electrons. The smallest absolute Gasteiger partial charge is 0.123 e. The summed E-state index contributed by atoms with van der Waals surface area (Å²) in [6.45, 7) is 10.1. The molecule has 0 aromatic heterocycles. The third-order valence-corrected chi connectivity index (χ3v) is 3.40. The zero-order valence-corrected chi connectivity index (χ0v) is 11.0. The molecule has 0 saturated heterocycles. The Morgan fingerprint density at radius 3 is 2.35 bits per heavy atom. The average molecular weight is 235 g/mol. The molecule has 1 rings (SSSR count).